The van der Waals surface area contributed by atoms with E-state index in [2.05, 4.69) is 20.6 Å². The number of hydrogen-bond donors (Lipinski definition) is 2. The van der Waals surface area contributed by atoms with Crippen molar-refractivity contribution in [2.45, 2.75) is 6.42 Å². The second-order valence-electron chi connectivity index (χ2n) is 3.79. The topological polar surface area (TPSA) is 59.1 Å². The molecule has 1 saturated heterocycles. The smallest absolute Gasteiger partial charge is 0.318 e. The van der Waals surface area contributed by atoms with E-state index in [9.17, 15) is 0 Å². The molecule has 2 heterocycles. The second kappa shape index (κ2) is 5.32. The molecule has 0 amide bonds. The summed E-state index contributed by atoms with van der Waals surface area (Å²) in [7, 11) is 1.54. The van der Waals surface area contributed by atoms with Crippen LogP contribution < -0.4 is 15.4 Å². The lowest BCUT2D eigenvalue weighted by atomic mass is 10.1. The minimum absolute atomic E-state index is 0.330. The molecular formula is C10H15ClN4O. The van der Waals surface area contributed by atoms with E-state index in [4.69, 9.17) is 16.3 Å². The van der Waals surface area contributed by atoms with E-state index in [1.54, 1.807) is 6.20 Å². The molecule has 0 aliphatic carbocycles. The first kappa shape index (κ1) is 11.4. The molecule has 0 spiro atoms. The van der Waals surface area contributed by atoms with Gasteiger partial charge in [0.05, 0.1) is 13.3 Å². The predicted molar refractivity (Wildman–Crippen MR) is 63.1 cm³/mol. The molecular weight excluding hydrogens is 228 g/mol. The highest BCUT2D eigenvalue weighted by Gasteiger charge is 2.15. The highest BCUT2D eigenvalue weighted by atomic mass is 35.5. The van der Waals surface area contributed by atoms with Crippen molar-refractivity contribution in [3.63, 3.8) is 0 Å². The van der Waals surface area contributed by atoms with Crippen LogP contribution in [0.4, 0.5) is 5.82 Å². The van der Waals surface area contributed by atoms with Crippen LogP contribution in [0, 0.1) is 5.92 Å². The molecule has 2 N–H and O–H groups in total. The predicted octanol–water partition coefficient (Wildman–Crippen LogP) is 1.16. The lowest BCUT2D eigenvalue weighted by Crippen LogP contribution is -2.18. The third-order valence-electron chi connectivity index (χ3n) is 2.63. The zero-order chi connectivity index (χ0) is 11.4. The highest BCUT2D eigenvalue weighted by molar-refractivity contribution is 6.32. The van der Waals surface area contributed by atoms with Crippen LogP contribution in [-0.4, -0.2) is 36.7 Å². The third-order valence-corrected chi connectivity index (χ3v) is 2.90. The Morgan fingerprint density at radius 1 is 1.69 bits per heavy atom. The van der Waals surface area contributed by atoms with Crippen LogP contribution in [0.1, 0.15) is 6.42 Å². The normalized spacial score (nSPS) is 19.8. The maximum absolute atomic E-state index is 5.98. The van der Waals surface area contributed by atoms with Gasteiger partial charge in [-0.25, -0.2) is 4.98 Å². The molecule has 6 heteroatoms. The van der Waals surface area contributed by atoms with Crippen molar-refractivity contribution in [1.29, 1.82) is 0 Å². The molecule has 5 nitrogen and oxygen atoms in total. The van der Waals surface area contributed by atoms with Gasteiger partial charge < -0.3 is 15.4 Å². The maximum atomic E-state index is 5.98. The van der Waals surface area contributed by atoms with Gasteiger partial charge >= 0.3 is 6.01 Å². The summed E-state index contributed by atoms with van der Waals surface area (Å²) < 4.78 is 4.95. The highest BCUT2D eigenvalue weighted by Crippen LogP contribution is 2.20. The van der Waals surface area contributed by atoms with Crippen molar-refractivity contribution < 1.29 is 4.74 Å². The average Bonchev–Trinajstić information content (AvgIpc) is 2.81. The Bertz CT molecular complexity index is 355. The number of hydrogen-bond acceptors (Lipinski definition) is 5. The van der Waals surface area contributed by atoms with Crippen LogP contribution >= 0.6 is 11.6 Å². The molecule has 1 unspecified atom stereocenters. The summed E-state index contributed by atoms with van der Waals surface area (Å²) in [5.41, 5.74) is 0. The van der Waals surface area contributed by atoms with E-state index in [0.717, 1.165) is 19.6 Å². The number of methoxy groups -OCH3 is 1. The molecule has 0 bridgehead atoms. The fourth-order valence-electron chi connectivity index (χ4n) is 1.70. The summed E-state index contributed by atoms with van der Waals surface area (Å²) in [5.74, 6) is 1.28. The Morgan fingerprint density at radius 2 is 2.56 bits per heavy atom. The second-order valence-corrected chi connectivity index (χ2v) is 4.20. The molecule has 88 valence electrons. The fourth-order valence-corrected chi connectivity index (χ4v) is 1.86. The Balaban J connectivity index is 1.96. The Hall–Kier alpha value is -1.07. The van der Waals surface area contributed by atoms with Crippen LogP contribution in [0.15, 0.2) is 6.20 Å². The summed E-state index contributed by atoms with van der Waals surface area (Å²) in [5, 5.41) is 7.06. The number of rotatable bonds is 4. The first-order chi connectivity index (χ1) is 7.79. The van der Waals surface area contributed by atoms with Gasteiger partial charge in [0.15, 0.2) is 5.82 Å². The fraction of sp³-hybridized carbons (Fsp3) is 0.600. The van der Waals surface area contributed by atoms with Crippen LogP contribution in [0.3, 0.4) is 0 Å². The van der Waals surface area contributed by atoms with E-state index < -0.39 is 0 Å². The number of nitrogens with one attached hydrogen (secondary N) is 2. The van der Waals surface area contributed by atoms with Crippen molar-refractivity contribution in [1.82, 2.24) is 15.3 Å². The molecule has 1 aliphatic heterocycles. The van der Waals surface area contributed by atoms with Crippen LogP contribution in [0.2, 0.25) is 5.02 Å². The lowest BCUT2D eigenvalue weighted by molar-refractivity contribution is 0.380. The zero-order valence-corrected chi connectivity index (χ0v) is 9.92. The quantitative estimate of drug-likeness (QED) is 0.830. The van der Waals surface area contributed by atoms with E-state index in [1.165, 1.54) is 13.5 Å². The van der Waals surface area contributed by atoms with Crippen molar-refractivity contribution in [3.05, 3.63) is 11.2 Å². The first-order valence-electron chi connectivity index (χ1n) is 5.30. The standard InChI is InChI=1S/C10H15ClN4O/c1-16-10-14-6-8(11)9(15-10)13-5-7-2-3-12-4-7/h6-7,12H,2-5H2,1H3,(H,13,14,15). The molecule has 16 heavy (non-hydrogen) atoms. The van der Waals surface area contributed by atoms with Crippen molar-refractivity contribution >= 4 is 17.4 Å². The zero-order valence-electron chi connectivity index (χ0n) is 9.16. The van der Waals surface area contributed by atoms with Gasteiger partial charge in [0.25, 0.3) is 0 Å². The van der Waals surface area contributed by atoms with Gasteiger partial charge in [0, 0.05) is 6.54 Å². The monoisotopic (exact) mass is 242 g/mol. The SMILES string of the molecule is COc1ncc(Cl)c(NCC2CCNC2)n1. The Kier molecular flexibility index (Phi) is 3.79. The van der Waals surface area contributed by atoms with Crippen LogP contribution in [-0.2, 0) is 0 Å². The number of nitrogens with zero attached hydrogens (tertiary/aromatic N) is 2. The average molecular weight is 243 g/mol. The van der Waals surface area contributed by atoms with Gasteiger partial charge in [-0.2, -0.15) is 4.98 Å². The van der Waals surface area contributed by atoms with Gasteiger partial charge in [-0.15, -0.1) is 0 Å². The molecule has 1 fully saturated rings. The summed E-state index contributed by atoms with van der Waals surface area (Å²) in [4.78, 5) is 8.07. The summed E-state index contributed by atoms with van der Waals surface area (Å²) in [6.45, 7) is 3.01. The third kappa shape index (κ3) is 2.74. The largest absolute Gasteiger partial charge is 0.467 e. The van der Waals surface area contributed by atoms with Gasteiger partial charge in [0.2, 0.25) is 0 Å². The van der Waals surface area contributed by atoms with Crippen molar-refractivity contribution in [2.75, 3.05) is 32.1 Å². The number of anilines is 1. The molecule has 2 rings (SSSR count). The molecule has 0 saturated carbocycles. The molecule has 1 aromatic heterocycles. The molecule has 1 atom stereocenters. The van der Waals surface area contributed by atoms with Gasteiger partial charge in [-0.3, -0.25) is 0 Å². The maximum Gasteiger partial charge on any atom is 0.318 e. The van der Waals surface area contributed by atoms with Crippen LogP contribution in [0.5, 0.6) is 6.01 Å². The Labute approximate surface area is 99.6 Å². The first-order valence-corrected chi connectivity index (χ1v) is 5.68. The van der Waals surface area contributed by atoms with Crippen molar-refractivity contribution in [3.8, 4) is 6.01 Å². The van der Waals surface area contributed by atoms with E-state index in [0.29, 0.717) is 22.8 Å². The molecule has 0 radical (unpaired) electrons. The Morgan fingerprint density at radius 3 is 3.25 bits per heavy atom. The summed E-state index contributed by atoms with van der Waals surface area (Å²) >= 11 is 5.98. The number of ether oxygens (including phenoxy) is 1. The van der Waals surface area contributed by atoms with Crippen LogP contribution in [0.25, 0.3) is 0 Å². The van der Waals surface area contributed by atoms with E-state index in [-0.39, 0.29) is 0 Å². The van der Waals surface area contributed by atoms with Gasteiger partial charge in [-0.05, 0) is 25.4 Å². The summed E-state index contributed by atoms with van der Waals surface area (Å²) in [6, 6.07) is 0.330. The lowest BCUT2D eigenvalue weighted by Gasteiger charge is -2.11. The summed E-state index contributed by atoms with van der Waals surface area (Å²) in [6.07, 6.45) is 2.73. The van der Waals surface area contributed by atoms with E-state index in [1.807, 2.05) is 0 Å². The minimum atomic E-state index is 0.330. The van der Waals surface area contributed by atoms with E-state index >= 15 is 0 Å². The molecule has 0 aromatic carbocycles. The molecule has 1 aromatic rings. The van der Waals surface area contributed by atoms with Crippen molar-refractivity contribution in [2.24, 2.45) is 5.92 Å². The van der Waals surface area contributed by atoms with Gasteiger partial charge in [0.1, 0.15) is 5.02 Å². The minimum Gasteiger partial charge on any atom is -0.467 e. The number of halogens is 1. The van der Waals surface area contributed by atoms with Gasteiger partial charge in [-0.1, -0.05) is 11.6 Å². The number of aromatic nitrogens is 2. The molecule has 1 aliphatic rings.